The second-order valence-electron chi connectivity index (χ2n) is 4.79. The average Bonchev–Trinajstić information content (AvgIpc) is 2.55. The largest absolute Gasteiger partial charge is 0.490 e. The van der Waals surface area contributed by atoms with E-state index >= 15 is 0 Å². The minimum Gasteiger partial charge on any atom is -0.490 e. The SMILES string of the molecule is CCOc1c(F)cccc1C(=O)NCCNc1ccc(C)nn1. The van der Waals surface area contributed by atoms with Gasteiger partial charge in [-0.3, -0.25) is 4.79 Å². The summed E-state index contributed by atoms with van der Waals surface area (Å²) < 4.78 is 18.9. The summed E-state index contributed by atoms with van der Waals surface area (Å²) in [5, 5.41) is 13.6. The van der Waals surface area contributed by atoms with Gasteiger partial charge in [0.25, 0.3) is 5.91 Å². The van der Waals surface area contributed by atoms with Gasteiger partial charge in [0, 0.05) is 13.1 Å². The van der Waals surface area contributed by atoms with Gasteiger partial charge in [-0.1, -0.05) is 6.07 Å². The van der Waals surface area contributed by atoms with Crippen molar-refractivity contribution in [2.45, 2.75) is 13.8 Å². The molecule has 1 heterocycles. The predicted molar refractivity (Wildman–Crippen MR) is 85.2 cm³/mol. The number of nitrogens with zero attached hydrogens (tertiary/aromatic N) is 2. The first kappa shape index (κ1) is 16.7. The van der Waals surface area contributed by atoms with E-state index in [1.165, 1.54) is 18.2 Å². The third kappa shape index (κ3) is 4.64. The molecule has 23 heavy (non-hydrogen) atoms. The molecule has 1 aromatic heterocycles. The maximum atomic E-state index is 13.7. The highest BCUT2D eigenvalue weighted by Crippen LogP contribution is 2.22. The Balaban J connectivity index is 1.87. The Morgan fingerprint density at radius 1 is 1.22 bits per heavy atom. The number of anilines is 1. The maximum absolute atomic E-state index is 13.7. The standard InChI is InChI=1S/C16H19FN4O2/c1-3-23-15-12(5-4-6-13(15)17)16(22)19-10-9-18-14-8-7-11(2)20-21-14/h4-8H,3,9-10H2,1-2H3,(H,18,21)(H,19,22). The van der Waals surface area contributed by atoms with Crippen LogP contribution < -0.4 is 15.4 Å². The zero-order valence-corrected chi connectivity index (χ0v) is 13.1. The van der Waals surface area contributed by atoms with Crippen molar-refractivity contribution in [2.75, 3.05) is 25.0 Å². The maximum Gasteiger partial charge on any atom is 0.255 e. The van der Waals surface area contributed by atoms with E-state index in [2.05, 4.69) is 20.8 Å². The summed E-state index contributed by atoms with van der Waals surface area (Å²) in [6.07, 6.45) is 0. The lowest BCUT2D eigenvalue weighted by Crippen LogP contribution is -2.29. The molecule has 0 aliphatic heterocycles. The van der Waals surface area contributed by atoms with Crippen molar-refractivity contribution < 1.29 is 13.9 Å². The number of aromatic nitrogens is 2. The van der Waals surface area contributed by atoms with Crippen LogP contribution in [0.2, 0.25) is 0 Å². The normalized spacial score (nSPS) is 10.2. The number of amides is 1. The lowest BCUT2D eigenvalue weighted by molar-refractivity contribution is 0.0950. The lowest BCUT2D eigenvalue weighted by Gasteiger charge is -2.11. The van der Waals surface area contributed by atoms with Gasteiger partial charge in [0.1, 0.15) is 5.82 Å². The molecule has 7 heteroatoms. The van der Waals surface area contributed by atoms with Crippen LogP contribution in [0, 0.1) is 12.7 Å². The quantitative estimate of drug-likeness (QED) is 0.765. The number of hydrogen-bond acceptors (Lipinski definition) is 5. The van der Waals surface area contributed by atoms with Gasteiger partial charge < -0.3 is 15.4 Å². The van der Waals surface area contributed by atoms with Crippen LogP contribution in [0.5, 0.6) is 5.75 Å². The highest BCUT2D eigenvalue weighted by atomic mass is 19.1. The Bertz CT molecular complexity index is 662. The van der Waals surface area contributed by atoms with E-state index in [1.54, 1.807) is 6.92 Å². The monoisotopic (exact) mass is 318 g/mol. The molecule has 0 fully saturated rings. The van der Waals surface area contributed by atoms with E-state index in [1.807, 2.05) is 19.1 Å². The van der Waals surface area contributed by atoms with Gasteiger partial charge >= 0.3 is 0 Å². The predicted octanol–water partition coefficient (Wildman–Crippen LogP) is 2.16. The molecule has 0 spiro atoms. The van der Waals surface area contributed by atoms with Crippen LogP contribution in [0.3, 0.4) is 0 Å². The molecule has 122 valence electrons. The molecule has 1 amide bonds. The molecular formula is C16H19FN4O2. The second kappa shape index (κ2) is 8.07. The van der Waals surface area contributed by atoms with Gasteiger partial charge in [0.2, 0.25) is 0 Å². The van der Waals surface area contributed by atoms with E-state index in [9.17, 15) is 9.18 Å². The minimum atomic E-state index is -0.549. The fraction of sp³-hybridized carbons (Fsp3) is 0.312. The Hall–Kier alpha value is -2.70. The van der Waals surface area contributed by atoms with E-state index in [4.69, 9.17) is 4.74 Å². The Labute approximate surface area is 134 Å². The summed E-state index contributed by atoms with van der Waals surface area (Å²) in [7, 11) is 0. The minimum absolute atomic E-state index is 0.0233. The summed E-state index contributed by atoms with van der Waals surface area (Å²) in [6.45, 7) is 4.71. The van der Waals surface area contributed by atoms with Crippen molar-refractivity contribution in [1.29, 1.82) is 0 Å². The van der Waals surface area contributed by atoms with Gasteiger partial charge in [-0.15, -0.1) is 5.10 Å². The van der Waals surface area contributed by atoms with Crippen LogP contribution >= 0.6 is 0 Å². The molecule has 2 aromatic rings. The van der Waals surface area contributed by atoms with E-state index in [-0.39, 0.29) is 23.8 Å². The highest BCUT2D eigenvalue weighted by molar-refractivity contribution is 5.97. The first-order chi connectivity index (χ1) is 11.1. The van der Waals surface area contributed by atoms with Crippen molar-refractivity contribution in [3.8, 4) is 5.75 Å². The van der Waals surface area contributed by atoms with Crippen molar-refractivity contribution in [1.82, 2.24) is 15.5 Å². The molecule has 0 atom stereocenters. The Kier molecular flexibility index (Phi) is 5.85. The number of benzene rings is 1. The molecule has 0 saturated carbocycles. The molecule has 6 nitrogen and oxygen atoms in total. The first-order valence-corrected chi connectivity index (χ1v) is 7.35. The topological polar surface area (TPSA) is 76.1 Å². The second-order valence-corrected chi connectivity index (χ2v) is 4.79. The molecule has 0 bridgehead atoms. The summed E-state index contributed by atoms with van der Waals surface area (Å²) in [4.78, 5) is 12.1. The smallest absolute Gasteiger partial charge is 0.255 e. The number of para-hydroxylation sites is 1. The Morgan fingerprint density at radius 3 is 2.74 bits per heavy atom. The molecule has 0 aliphatic rings. The van der Waals surface area contributed by atoms with Crippen LogP contribution in [0.15, 0.2) is 30.3 Å². The summed E-state index contributed by atoms with van der Waals surface area (Å²) in [5.41, 5.74) is 1.01. The van der Waals surface area contributed by atoms with Crippen molar-refractivity contribution in [3.05, 3.63) is 47.4 Å². The van der Waals surface area contributed by atoms with Crippen molar-refractivity contribution >= 4 is 11.7 Å². The zero-order chi connectivity index (χ0) is 16.7. The number of rotatable bonds is 7. The molecule has 2 N–H and O–H groups in total. The number of ether oxygens (including phenoxy) is 1. The fourth-order valence-electron chi connectivity index (χ4n) is 1.93. The number of halogens is 1. The van der Waals surface area contributed by atoms with Crippen LogP contribution in [-0.2, 0) is 0 Å². The van der Waals surface area contributed by atoms with Crippen LogP contribution in [0.25, 0.3) is 0 Å². The highest BCUT2D eigenvalue weighted by Gasteiger charge is 2.15. The van der Waals surface area contributed by atoms with Gasteiger partial charge in [-0.2, -0.15) is 5.10 Å². The fourth-order valence-corrected chi connectivity index (χ4v) is 1.93. The van der Waals surface area contributed by atoms with Gasteiger partial charge in [-0.05, 0) is 38.1 Å². The number of nitrogens with one attached hydrogen (secondary N) is 2. The first-order valence-electron chi connectivity index (χ1n) is 7.35. The summed E-state index contributed by atoms with van der Waals surface area (Å²) in [5.74, 6) is -0.326. The lowest BCUT2D eigenvalue weighted by atomic mass is 10.2. The number of carbonyl (C=O) groups excluding carboxylic acids is 1. The molecule has 0 aliphatic carbocycles. The molecule has 2 rings (SSSR count). The molecular weight excluding hydrogens is 299 g/mol. The van der Waals surface area contributed by atoms with Crippen LogP contribution in [0.1, 0.15) is 23.0 Å². The Morgan fingerprint density at radius 2 is 2.04 bits per heavy atom. The van der Waals surface area contributed by atoms with Crippen LogP contribution in [-0.4, -0.2) is 35.8 Å². The van der Waals surface area contributed by atoms with E-state index < -0.39 is 5.82 Å². The molecule has 1 aromatic carbocycles. The van der Waals surface area contributed by atoms with Crippen molar-refractivity contribution in [3.63, 3.8) is 0 Å². The summed E-state index contributed by atoms with van der Waals surface area (Å²) >= 11 is 0. The molecule has 0 saturated heterocycles. The third-order valence-corrected chi connectivity index (χ3v) is 3.01. The zero-order valence-electron chi connectivity index (χ0n) is 13.1. The number of aryl methyl sites for hydroxylation is 1. The van der Waals surface area contributed by atoms with Gasteiger partial charge in [-0.25, -0.2) is 4.39 Å². The number of carbonyl (C=O) groups is 1. The average molecular weight is 318 g/mol. The van der Waals surface area contributed by atoms with Crippen molar-refractivity contribution in [2.24, 2.45) is 0 Å². The van der Waals surface area contributed by atoms with E-state index in [0.717, 1.165) is 5.69 Å². The summed E-state index contributed by atoms with van der Waals surface area (Å²) in [6, 6.07) is 7.92. The van der Waals surface area contributed by atoms with E-state index in [0.29, 0.717) is 18.9 Å². The number of hydrogen-bond donors (Lipinski definition) is 2. The van der Waals surface area contributed by atoms with Gasteiger partial charge in [0.15, 0.2) is 11.6 Å². The van der Waals surface area contributed by atoms with Gasteiger partial charge in [0.05, 0.1) is 17.9 Å². The third-order valence-electron chi connectivity index (χ3n) is 3.01. The molecule has 0 unspecified atom stereocenters. The van der Waals surface area contributed by atoms with Crippen LogP contribution in [0.4, 0.5) is 10.2 Å². The molecule has 0 radical (unpaired) electrons.